The minimum Gasteiger partial charge on any atom is -0.508 e. The number of hydrogen-bond donors (Lipinski definition) is 2. The molecule has 0 fully saturated rings. The Kier molecular flexibility index (Phi) is 5.68. The van der Waals surface area contributed by atoms with Gasteiger partial charge in [-0.15, -0.1) is 0 Å². The first-order chi connectivity index (χ1) is 15.0. The monoisotopic (exact) mass is 410 g/mol. The van der Waals surface area contributed by atoms with E-state index in [2.05, 4.69) is 50.2 Å². The van der Waals surface area contributed by atoms with E-state index >= 15 is 0 Å². The molecular formula is C28H26O3. The van der Waals surface area contributed by atoms with Crippen LogP contribution in [0.5, 0.6) is 11.5 Å². The van der Waals surface area contributed by atoms with E-state index in [-0.39, 0.29) is 17.4 Å². The van der Waals surface area contributed by atoms with Gasteiger partial charge in [0.15, 0.2) is 0 Å². The van der Waals surface area contributed by atoms with Crippen LogP contribution in [0.15, 0.2) is 115 Å². The molecule has 31 heavy (non-hydrogen) atoms. The molecule has 2 atom stereocenters. The first-order valence-corrected chi connectivity index (χ1v) is 10.4. The predicted octanol–water partition coefficient (Wildman–Crippen LogP) is 7.14. The third-order valence-corrected chi connectivity index (χ3v) is 6.02. The van der Waals surface area contributed by atoms with E-state index in [1.54, 1.807) is 36.4 Å². The van der Waals surface area contributed by atoms with Crippen molar-refractivity contribution in [3.8, 4) is 22.6 Å². The van der Waals surface area contributed by atoms with Crippen LogP contribution in [0.3, 0.4) is 0 Å². The lowest BCUT2D eigenvalue weighted by Gasteiger charge is -2.35. The zero-order valence-corrected chi connectivity index (χ0v) is 17.7. The van der Waals surface area contributed by atoms with E-state index < -0.39 is 5.41 Å². The lowest BCUT2D eigenvalue weighted by atomic mass is 9.72. The van der Waals surface area contributed by atoms with Gasteiger partial charge in [0.1, 0.15) is 23.0 Å². The Morgan fingerprint density at radius 3 is 2.10 bits per heavy atom. The summed E-state index contributed by atoms with van der Waals surface area (Å²) in [6.07, 6.45) is 7.17. The molecule has 156 valence electrons. The third kappa shape index (κ3) is 4.41. The Morgan fingerprint density at radius 2 is 1.42 bits per heavy atom. The fourth-order valence-electron chi connectivity index (χ4n) is 3.82. The largest absolute Gasteiger partial charge is 0.508 e. The fourth-order valence-corrected chi connectivity index (χ4v) is 3.82. The summed E-state index contributed by atoms with van der Waals surface area (Å²) in [4.78, 5) is 0. The summed E-state index contributed by atoms with van der Waals surface area (Å²) < 4.78 is 6.23. The molecule has 1 aliphatic rings. The Bertz CT molecular complexity index is 1120. The Balaban J connectivity index is 1.65. The second-order valence-electron chi connectivity index (χ2n) is 8.04. The molecule has 3 aromatic rings. The highest BCUT2D eigenvalue weighted by atomic mass is 16.5. The van der Waals surface area contributed by atoms with Gasteiger partial charge in [-0.1, -0.05) is 67.6 Å². The Morgan fingerprint density at radius 1 is 0.774 bits per heavy atom. The average molecular weight is 411 g/mol. The molecule has 0 aromatic heterocycles. The van der Waals surface area contributed by atoms with Crippen LogP contribution in [0.4, 0.5) is 0 Å². The number of aromatic hydroxyl groups is 1. The normalized spacial score (nSPS) is 19.2. The van der Waals surface area contributed by atoms with Crippen LogP contribution < -0.4 is 4.74 Å². The van der Waals surface area contributed by atoms with Crippen molar-refractivity contribution in [1.29, 1.82) is 0 Å². The molecule has 3 nitrogen and oxygen atoms in total. The van der Waals surface area contributed by atoms with Crippen LogP contribution >= 0.6 is 0 Å². The SMILES string of the molecule is CC(c1ccc(-c2ccccc2)cc1)C1(C)C=CC(O)=CC=C1Oc1ccc(O)cc1. The molecule has 3 heteroatoms. The van der Waals surface area contributed by atoms with Gasteiger partial charge in [0, 0.05) is 0 Å². The maximum Gasteiger partial charge on any atom is 0.127 e. The van der Waals surface area contributed by atoms with E-state index in [9.17, 15) is 10.2 Å². The van der Waals surface area contributed by atoms with E-state index in [1.807, 2.05) is 30.4 Å². The number of hydrogen-bond acceptors (Lipinski definition) is 3. The number of rotatable bonds is 5. The summed E-state index contributed by atoms with van der Waals surface area (Å²) in [6.45, 7) is 4.27. The molecule has 0 spiro atoms. The van der Waals surface area contributed by atoms with Gasteiger partial charge in [0.2, 0.25) is 0 Å². The second kappa shape index (κ2) is 8.57. The van der Waals surface area contributed by atoms with E-state index in [0.717, 1.165) is 5.76 Å². The summed E-state index contributed by atoms with van der Waals surface area (Å²) in [5.41, 5.74) is 3.04. The molecule has 0 heterocycles. The molecule has 2 unspecified atom stereocenters. The highest BCUT2D eigenvalue weighted by molar-refractivity contribution is 5.63. The van der Waals surface area contributed by atoms with Crippen molar-refractivity contribution in [2.75, 3.05) is 0 Å². The van der Waals surface area contributed by atoms with Crippen LogP contribution in [0.1, 0.15) is 25.3 Å². The summed E-state index contributed by atoms with van der Waals surface area (Å²) in [5, 5.41) is 19.7. The van der Waals surface area contributed by atoms with Crippen molar-refractivity contribution >= 4 is 0 Å². The third-order valence-electron chi connectivity index (χ3n) is 6.02. The summed E-state index contributed by atoms with van der Waals surface area (Å²) in [5.74, 6) is 1.80. The molecule has 0 aliphatic heterocycles. The first kappa shape index (κ1) is 20.5. The van der Waals surface area contributed by atoms with Gasteiger partial charge in [-0.25, -0.2) is 0 Å². The fraction of sp³-hybridized carbons (Fsp3) is 0.143. The number of aliphatic hydroxyl groups excluding tert-OH is 1. The topological polar surface area (TPSA) is 49.7 Å². The number of aliphatic hydroxyl groups is 1. The number of phenols is 1. The zero-order chi connectivity index (χ0) is 21.8. The lowest BCUT2D eigenvalue weighted by Crippen LogP contribution is -2.27. The molecule has 0 radical (unpaired) electrons. The average Bonchev–Trinajstić information content (AvgIpc) is 2.95. The molecule has 1 aliphatic carbocycles. The summed E-state index contributed by atoms with van der Waals surface area (Å²) in [6, 6.07) is 25.6. The van der Waals surface area contributed by atoms with Crippen LogP contribution in [0, 0.1) is 5.41 Å². The van der Waals surface area contributed by atoms with Crippen molar-refractivity contribution < 1.29 is 14.9 Å². The van der Waals surface area contributed by atoms with Crippen LogP contribution in [-0.2, 0) is 0 Å². The predicted molar refractivity (Wildman–Crippen MR) is 125 cm³/mol. The standard InChI is InChI=1S/C28H26O3/c1-20(21-8-10-23(11-9-21)22-6-4-3-5-7-22)28(2)19-18-25(30)14-17-27(28)31-26-15-12-24(29)13-16-26/h3-20,29-30H,1-2H3. The molecule has 0 amide bonds. The first-order valence-electron chi connectivity index (χ1n) is 10.4. The van der Waals surface area contributed by atoms with E-state index in [4.69, 9.17) is 4.74 Å². The van der Waals surface area contributed by atoms with Gasteiger partial charge in [-0.05, 0) is 72.0 Å². The van der Waals surface area contributed by atoms with Crippen molar-refractivity contribution in [3.63, 3.8) is 0 Å². The maximum absolute atomic E-state index is 10.1. The molecule has 0 bridgehead atoms. The quantitative estimate of drug-likeness (QED) is 0.470. The van der Waals surface area contributed by atoms with Crippen molar-refractivity contribution in [2.24, 2.45) is 5.41 Å². The number of ether oxygens (including phenoxy) is 1. The van der Waals surface area contributed by atoms with Crippen LogP contribution in [-0.4, -0.2) is 10.2 Å². The number of allylic oxidation sites excluding steroid dienone is 4. The van der Waals surface area contributed by atoms with Crippen molar-refractivity contribution in [3.05, 3.63) is 120 Å². The molecule has 3 aromatic carbocycles. The zero-order valence-electron chi connectivity index (χ0n) is 17.7. The van der Waals surface area contributed by atoms with Crippen molar-refractivity contribution in [1.82, 2.24) is 0 Å². The molecule has 2 N–H and O–H groups in total. The number of phenolic OH excluding ortho intramolecular Hbond substituents is 1. The lowest BCUT2D eigenvalue weighted by molar-refractivity contribution is 0.271. The highest BCUT2D eigenvalue weighted by Gasteiger charge is 2.36. The second-order valence-corrected chi connectivity index (χ2v) is 8.04. The van der Waals surface area contributed by atoms with E-state index in [1.165, 1.54) is 16.7 Å². The molecule has 4 rings (SSSR count). The Labute approximate surface area is 183 Å². The van der Waals surface area contributed by atoms with Gasteiger partial charge >= 0.3 is 0 Å². The maximum atomic E-state index is 10.1. The summed E-state index contributed by atoms with van der Waals surface area (Å²) in [7, 11) is 0. The molecular weight excluding hydrogens is 384 g/mol. The van der Waals surface area contributed by atoms with Crippen molar-refractivity contribution in [2.45, 2.75) is 19.8 Å². The minimum atomic E-state index is -0.493. The van der Waals surface area contributed by atoms with Gasteiger partial charge < -0.3 is 14.9 Å². The molecule has 0 saturated heterocycles. The molecule has 0 saturated carbocycles. The van der Waals surface area contributed by atoms with Gasteiger partial charge in [0.05, 0.1) is 5.41 Å². The van der Waals surface area contributed by atoms with Gasteiger partial charge in [-0.3, -0.25) is 0 Å². The Hall–Kier alpha value is -3.72. The highest BCUT2D eigenvalue weighted by Crippen LogP contribution is 2.45. The van der Waals surface area contributed by atoms with Crippen LogP contribution in [0.2, 0.25) is 0 Å². The van der Waals surface area contributed by atoms with Crippen LogP contribution in [0.25, 0.3) is 11.1 Å². The summed E-state index contributed by atoms with van der Waals surface area (Å²) >= 11 is 0. The van der Waals surface area contributed by atoms with Gasteiger partial charge in [0.25, 0.3) is 0 Å². The smallest absolute Gasteiger partial charge is 0.127 e. The minimum absolute atomic E-state index is 0.0799. The van der Waals surface area contributed by atoms with Gasteiger partial charge in [-0.2, -0.15) is 0 Å². The van der Waals surface area contributed by atoms with E-state index in [0.29, 0.717) is 5.75 Å². The number of benzene rings is 3.